The van der Waals surface area contributed by atoms with Crippen molar-refractivity contribution in [3.8, 4) is 16.3 Å². The van der Waals surface area contributed by atoms with Gasteiger partial charge in [0.15, 0.2) is 0 Å². The van der Waals surface area contributed by atoms with Crippen LogP contribution in [0.5, 0.6) is 5.75 Å². The van der Waals surface area contributed by atoms with Gasteiger partial charge in [-0.1, -0.05) is 0 Å². The average molecular weight is 469 g/mol. The Morgan fingerprint density at radius 3 is 2.67 bits per heavy atom. The van der Waals surface area contributed by atoms with E-state index in [1.54, 1.807) is 12.4 Å². The van der Waals surface area contributed by atoms with Gasteiger partial charge in [-0.2, -0.15) is 0 Å². The molecule has 0 atom stereocenters. The molecule has 0 aromatic carbocycles. The molecule has 0 radical (unpaired) electrons. The number of aliphatic hydroxyl groups is 1. The molecule has 1 saturated carbocycles. The number of hydrogen-bond acceptors (Lipinski definition) is 8. The Morgan fingerprint density at radius 1 is 1.21 bits per heavy atom. The first-order chi connectivity index (χ1) is 15.7. The lowest BCUT2D eigenvalue weighted by Crippen LogP contribution is -2.33. The Bertz CT molecular complexity index is 1140. The number of aryl methyl sites for hydroxylation is 1. The van der Waals surface area contributed by atoms with Crippen LogP contribution in [0.2, 0.25) is 0 Å². The SMILES string of the molecule is Cc1cc(Nc2cc(OC(C)C)ccn2)nc(-c2cnc([C@]3(O)CC[C@@H](C(=O)O)CC3)s2)c1. The first-order valence-electron chi connectivity index (χ1n) is 11.0. The van der Waals surface area contributed by atoms with Gasteiger partial charge >= 0.3 is 5.97 Å². The summed E-state index contributed by atoms with van der Waals surface area (Å²) in [5.41, 5.74) is 0.687. The number of nitrogens with zero attached hydrogens (tertiary/aromatic N) is 3. The van der Waals surface area contributed by atoms with Crippen molar-refractivity contribution in [3.63, 3.8) is 0 Å². The van der Waals surface area contributed by atoms with Crippen molar-refractivity contribution in [2.45, 2.75) is 58.2 Å². The van der Waals surface area contributed by atoms with Crippen molar-refractivity contribution >= 4 is 28.9 Å². The zero-order chi connectivity index (χ0) is 23.6. The molecule has 1 aliphatic carbocycles. The van der Waals surface area contributed by atoms with Crippen molar-refractivity contribution in [2.24, 2.45) is 5.92 Å². The summed E-state index contributed by atoms with van der Waals surface area (Å²) in [6.45, 7) is 5.93. The van der Waals surface area contributed by atoms with Gasteiger partial charge in [0.25, 0.3) is 0 Å². The van der Waals surface area contributed by atoms with Crippen LogP contribution in [-0.4, -0.2) is 37.2 Å². The largest absolute Gasteiger partial charge is 0.491 e. The van der Waals surface area contributed by atoms with E-state index in [9.17, 15) is 15.0 Å². The summed E-state index contributed by atoms with van der Waals surface area (Å²) < 4.78 is 5.74. The number of hydrogen-bond donors (Lipinski definition) is 3. The van der Waals surface area contributed by atoms with E-state index in [0.29, 0.717) is 42.3 Å². The Hall–Kier alpha value is -3.04. The number of anilines is 2. The van der Waals surface area contributed by atoms with Gasteiger partial charge in [0, 0.05) is 18.5 Å². The van der Waals surface area contributed by atoms with E-state index in [1.807, 2.05) is 45.0 Å². The van der Waals surface area contributed by atoms with E-state index < -0.39 is 17.5 Å². The standard InChI is InChI=1S/C24H28N4O4S/c1-14(2)32-17-6-9-25-20(12-17)28-21-11-15(3)10-18(27-21)19-13-26-23(33-19)24(31)7-4-16(5-8-24)22(29)30/h6,9-14,16,31H,4-5,7-8H2,1-3H3,(H,29,30)(H,25,27,28)/t16-,24+. The molecule has 1 fully saturated rings. The lowest BCUT2D eigenvalue weighted by Gasteiger charge is -2.32. The molecular weight excluding hydrogens is 440 g/mol. The predicted molar refractivity (Wildman–Crippen MR) is 127 cm³/mol. The topological polar surface area (TPSA) is 117 Å². The average Bonchev–Trinajstić information content (AvgIpc) is 3.25. The van der Waals surface area contributed by atoms with Crippen LogP contribution < -0.4 is 10.1 Å². The van der Waals surface area contributed by atoms with Crippen molar-refractivity contribution in [2.75, 3.05) is 5.32 Å². The molecule has 0 aliphatic heterocycles. The smallest absolute Gasteiger partial charge is 0.306 e. The van der Waals surface area contributed by atoms with Gasteiger partial charge in [0.05, 0.1) is 22.6 Å². The maximum Gasteiger partial charge on any atom is 0.306 e. The molecule has 0 saturated heterocycles. The minimum Gasteiger partial charge on any atom is -0.491 e. The third-order valence-electron chi connectivity index (χ3n) is 5.65. The molecular formula is C24H28N4O4S. The molecule has 174 valence electrons. The second kappa shape index (κ2) is 9.44. The van der Waals surface area contributed by atoms with Crippen LogP contribution in [0.15, 0.2) is 36.7 Å². The fourth-order valence-electron chi connectivity index (χ4n) is 3.98. The maximum absolute atomic E-state index is 11.2. The van der Waals surface area contributed by atoms with E-state index in [0.717, 1.165) is 21.9 Å². The molecule has 1 aliphatic rings. The summed E-state index contributed by atoms with van der Waals surface area (Å²) in [5, 5.41) is 24.2. The van der Waals surface area contributed by atoms with Gasteiger partial charge < -0.3 is 20.3 Å². The number of ether oxygens (including phenoxy) is 1. The first-order valence-corrected chi connectivity index (χ1v) is 11.8. The lowest BCUT2D eigenvalue weighted by atomic mass is 9.79. The number of carboxylic acid groups (broad SMARTS) is 1. The van der Waals surface area contributed by atoms with Crippen LogP contribution in [0.25, 0.3) is 10.6 Å². The number of aromatic nitrogens is 3. The molecule has 8 nitrogen and oxygen atoms in total. The molecule has 9 heteroatoms. The van der Waals surface area contributed by atoms with E-state index >= 15 is 0 Å². The third-order valence-corrected chi connectivity index (χ3v) is 6.86. The van der Waals surface area contributed by atoms with Crippen molar-refractivity contribution < 1.29 is 19.7 Å². The van der Waals surface area contributed by atoms with E-state index in [1.165, 1.54) is 11.3 Å². The van der Waals surface area contributed by atoms with Gasteiger partial charge in [0.1, 0.15) is 28.0 Å². The fourth-order valence-corrected chi connectivity index (χ4v) is 5.00. The van der Waals surface area contributed by atoms with E-state index in [-0.39, 0.29) is 6.10 Å². The Balaban J connectivity index is 1.53. The van der Waals surface area contributed by atoms with Crippen LogP contribution in [0.3, 0.4) is 0 Å². The fraction of sp³-hybridized carbons (Fsp3) is 0.417. The highest BCUT2D eigenvalue weighted by molar-refractivity contribution is 7.15. The first kappa shape index (κ1) is 23.1. The Labute approximate surface area is 196 Å². The maximum atomic E-state index is 11.2. The quantitative estimate of drug-likeness (QED) is 0.448. The second-order valence-electron chi connectivity index (χ2n) is 8.76. The van der Waals surface area contributed by atoms with Crippen molar-refractivity contribution in [1.82, 2.24) is 15.0 Å². The normalized spacial score (nSPS) is 20.6. The van der Waals surface area contributed by atoms with Crippen LogP contribution in [0, 0.1) is 12.8 Å². The second-order valence-corrected chi connectivity index (χ2v) is 9.79. The van der Waals surface area contributed by atoms with Crippen molar-refractivity contribution in [3.05, 3.63) is 47.2 Å². The number of carbonyl (C=O) groups is 1. The number of pyridine rings is 2. The molecule has 4 rings (SSSR count). The molecule has 3 heterocycles. The zero-order valence-corrected chi connectivity index (χ0v) is 19.7. The number of carboxylic acids is 1. The summed E-state index contributed by atoms with van der Waals surface area (Å²) in [4.78, 5) is 25.6. The number of thiazole rings is 1. The molecule has 0 amide bonds. The van der Waals surface area contributed by atoms with Gasteiger partial charge in [-0.15, -0.1) is 11.3 Å². The zero-order valence-electron chi connectivity index (χ0n) is 18.9. The lowest BCUT2D eigenvalue weighted by molar-refractivity contribution is -0.145. The van der Waals surface area contributed by atoms with Gasteiger partial charge in [-0.25, -0.2) is 15.0 Å². The summed E-state index contributed by atoms with van der Waals surface area (Å²) in [6, 6.07) is 7.55. The summed E-state index contributed by atoms with van der Waals surface area (Å²) >= 11 is 1.40. The van der Waals surface area contributed by atoms with E-state index in [4.69, 9.17) is 9.72 Å². The number of aliphatic carboxylic acids is 1. The summed E-state index contributed by atoms with van der Waals surface area (Å²) in [6.07, 6.45) is 5.16. The molecule has 0 spiro atoms. The van der Waals surface area contributed by atoms with Gasteiger partial charge in [-0.05, 0) is 70.2 Å². The minimum atomic E-state index is -1.08. The Morgan fingerprint density at radius 2 is 1.97 bits per heavy atom. The predicted octanol–water partition coefficient (Wildman–Crippen LogP) is 4.90. The van der Waals surface area contributed by atoms with Gasteiger partial charge in [-0.3, -0.25) is 4.79 Å². The van der Waals surface area contributed by atoms with Gasteiger partial charge in [0.2, 0.25) is 0 Å². The minimum absolute atomic E-state index is 0.0680. The van der Waals surface area contributed by atoms with Crippen LogP contribution >= 0.6 is 11.3 Å². The highest BCUT2D eigenvalue weighted by Crippen LogP contribution is 2.42. The number of nitrogens with one attached hydrogen (secondary N) is 1. The third kappa shape index (κ3) is 5.48. The molecule has 3 N–H and O–H groups in total. The summed E-state index contributed by atoms with van der Waals surface area (Å²) in [5.74, 6) is 0.821. The Kier molecular flexibility index (Phi) is 6.62. The molecule has 3 aromatic heterocycles. The number of rotatable bonds is 7. The van der Waals surface area contributed by atoms with Crippen molar-refractivity contribution in [1.29, 1.82) is 0 Å². The molecule has 0 unspecified atom stereocenters. The molecule has 33 heavy (non-hydrogen) atoms. The summed E-state index contributed by atoms with van der Waals surface area (Å²) in [7, 11) is 0. The van der Waals surface area contributed by atoms with E-state index in [2.05, 4.69) is 15.3 Å². The molecule has 3 aromatic rings. The monoisotopic (exact) mass is 468 g/mol. The highest BCUT2D eigenvalue weighted by atomic mass is 32.1. The molecule has 0 bridgehead atoms. The van der Waals surface area contributed by atoms with Crippen LogP contribution in [0.4, 0.5) is 11.6 Å². The highest BCUT2D eigenvalue weighted by Gasteiger charge is 2.39. The van der Waals surface area contributed by atoms with Crippen LogP contribution in [0.1, 0.15) is 50.1 Å². The van der Waals surface area contributed by atoms with Crippen LogP contribution in [-0.2, 0) is 10.4 Å².